The summed E-state index contributed by atoms with van der Waals surface area (Å²) in [5, 5.41) is 13.8. The monoisotopic (exact) mass is 391 g/mol. The molecule has 0 saturated carbocycles. The SMILES string of the molecule is NC(=O)Cc1ccc(NC(=O)c2cc([N+](=O)[O-])ccc2Oc2ccccc2)cc1. The molecule has 0 heterocycles. The molecule has 2 amide bonds. The quantitative estimate of drug-likeness (QED) is 0.470. The molecule has 8 nitrogen and oxygen atoms in total. The van der Waals surface area contributed by atoms with E-state index in [0.29, 0.717) is 17.0 Å². The van der Waals surface area contributed by atoms with Crippen molar-refractivity contribution < 1.29 is 19.2 Å². The molecule has 3 rings (SSSR count). The van der Waals surface area contributed by atoms with E-state index >= 15 is 0 Å². The van der Waals surface area contributed by atoms with Crippen molar-refractivity contribution in [3.05, 3.63) is 94.0 Å². The predicted octanol–water partition coefficient (Wildman–Crippen LogP) is 3.67. The maximum atomic E-state index is 12.8. The third kappa shape index (κ3) is 5.16. The number of non-ortho nitro benzene ring substituents is 1. The number of rotatable bonds is 7. The summed E-state index contributed by atoms with van der Waals surface area (Å²) in [5.74, 6) is -0.348. The molecular formula is C21H17N3O5. The van der Waals surface area contributed by atoms with Gasteiger partial charge < -0.3 is 15.8 Å². The van der Waals surface area contributed by atoms with E-state index in [-0.39, 0.29) is 23.4 Å². The first-order valence-electron chi connectivity index (χ1n) is 8.62. The number of carbonyl (C=O) groups is 2. The lowest BCUT2D eigenvalue weighted by Crippen LogP contribution is -2.15. The Hall–Kier alpha value is -4.20. The van der Waals surface area contributed by atoms with E-state index in [1.54, 1.807) is 48.5 Å². The second-order valence-electron chi connectivity index (χ2n) is 6.15. The van der Waals surface area contributed by atoms with E-state index in [4.69, 9.17) is 10.5 Å². The van der Waals surface area contributed by atoms with Crippen LogP contribution < -0.4 is 15.8 Å². The summed E-state index contributed by atoms with van der Waals surface area (Å²) in [7, 11) is 0. The van der Waals surface area contributed by atoms with Crippen molar-refractivity contribution in [3.8, 4) is 11.5 Å². The minimum atomic E-state index is -0.582. The molecular weight excluding hydrogens is 374 g/mol. The zero-order valence-corrected chi connectivity index (χ0v) is 15.2. The van der Waals surface area contributed by atoms with E-state index in [1.165, 1.54) is 12.1 Å². The summed E-state index contributed by atoms with van der Waals surface area (Å²) in [6.45, 7) is 0. The highest BCUT2D eigenvalue weighted by Gasteiger charge is 2.19. The molecule has 146 valence electrons. The number of hydrogen-bond acceptors (Lipinski definition) is 5. The molecule has 29 heavy (non-hydrogen) atoms. The van der Waals surface area contributed by atoms with Gasteiger partial charge in [0.1, 0.15) is 11.5 Å². The minimum absolute atomic E-state index is 0.0178. The van der Waals surface area contributed by atoms with Crippen LogP contribution in [0.3, 0.4) is 0 Å². The number of ether oxygens (including phenoxy) is 1. The van der Waals surface area contributed by atoms with Gasteiger partial charge in [0, 0.05) is 17.8 Å². The molecule has 8 heteroatoms. The second-order valence-corrected chi connectivity index (χ2v) is 6.15. The average Bonchev–Trinajstić information content (AvgIpc) is 2.70. The van der Waals surface area contributed by atoms with E-state index < -0.39 is 16.7 Å². The Balaban J connectivity index is 1.86. The highest BCUT2D eigenvalue weighted by atomic mass is 16.6. The Morgan fingerprint density at radius 1 is 1.00 bits per heavy atom. The molecule has 0 bridgehead atoms. The molecule has 0 atom stereocenters. The van der Waals surface area contributed by atoms with Crippen molar-refractivity contribution in [3.63, 3.8) is 0 Å². The third-order valence-corrected chi connectivity index (χ3v) is 3.98. The van der Waals surface area contributed by atoms with Gasteiger partial charge in [-0.15, -0.1) is 0 Å². The van der Waals surface area contributed by atoms with Crippen LogP contribution in [0, 0.1) is 10.1 Å². The molecule has 0 radical (unpaired) electrons. The molecule has 0 saturated heterocycles. The summed E-state index contributed by atoms with van der Waals surface area (Å²) >= 11 is 0. The topological polar surface area (TPSA) is 125 Å². The van der Waals surface area contributed by atoms with Crippen LogP contribution in [0.25, 0.3) is 0 Å². The molecule has 3 N–H and O–H groups in total. The number of carbonyl (C=O) groups excluding carboxylic acids is 2. The zero-order chi connectivity index (χ0) is 20.8. The molecule has 0 aliphatic rings. The first-order chi connectivity index (χ1) is 13.9. The van der Waals surface area contributed by atoms with Gasteiger partial charge in [-0.2, -0.15) is 0 Å². The molecule has 0 aliphatic carbocycles. The predicted molar refractivity (Wildman–Crippen MR) is 107 cm³/mol. The van der Waals surface area contributed by atoms with Gasteiger partial charge in [0.05, 0.1) is 16.9 Å². The molecule has 0 spiro atoms. The standard InChI is InChI=1S/C21H17N3O5/c22-20(25)12-14-6-8-15(9-7-14)23-21(26)18-13-16(24(27)28)10-11-19(18)29-17-4-2-1-3-5-17/h1-11,13H,12H2,(H2,22,25)(H,23,26). The molecule has 3 aromatic carbocycles. The van der Waals surface area contributed by atoms with Crippen molar-refractivity contribution in [2.24, 2.45) is 5.73 Å². The van der Waals surface area contributed by atoms with Gasteiger partial charge in [-0.1, -0.05) is 30.3 Å². The molecule has 0 fully saturated rings. The Morgan fingerprint density at radius 2 is 1.69 bits per heavy atom. The molecule has 0 aliphatic heterocycles. The zero-order valence-electron chi connectivity index (χ0n) is 15.2. The van der Waals surface area contributed by atoms with Crippen LogP contribution >= 0.6 is 0 Å². The lowest BCUT2D eigenvalue weighted by atomic mass is 10.1. The third-order valence-electron chi connectivity index (χ3n) is 3.98. The van der Waals surface area contributed by atoms with Gasteiger partial charge in [-0.3, -0.25) is 19.7 Å². The number of para-hydroxylation sites is 1. The highest BCUT2D eigenvalue weighted by molar-refractivity contribution is 6.06. The highest BCUT2D eigenvalue weighted by Crippen LogP contribution is 2.29. The van der Waals surface area contributed by atoms with Crippen molar-refractivity contribution in [2.75, 3.05) is 5.32 Å². The average molecular weight is 391 g/mol. The normalized spacial score (nSPS) is 10.2. The Bertz CT molecular complexity index is 1050. The smallest absolute Gasteiger partial charge is 0.270 e. The second kappa shape index (κ2) is 8.66. The van der Waals surface area contributed by atoms with Crippen molar-refractivity contribution in [1.29, 1.82) is 0 Å². The number of hydrogen-bond donors (Lipinski definition) is 2. The van der Waals surface area contributed by atoms with Gasteiger partial charge in [-0.25, -0.2) is 0 Å². The number of nitrogens with zero attached hydrogens (tertiary/aromatic N) is 1. The Morgan fingerprint density at radius 3 is 2.31 bits per heavy atom. The van der Waals surface area contributed by atoms with Crippen LogP contribution in [0.4, 0.5) is 11.4 Å². The molecule has 0 unspecified atom stereocenters. The van der Waals surface area contributed by atoms with Gasteiger partial charge in [0.2, 0.25) is 5.91 Å². The fraction of sp³-hybridized carbons (Fsp3) is 0.0476. The number of primary amides is 1. The first-order valence-corrected chi connectivity index (χ1v) is 8.62. The number of nitro groups is 1. The van der Waals surface area contributed by atoms with Gasteiger partial charge in [0.15, 0.2) is 0 Å². The van der Waals surface area contributed by atoms with Crippen LogP contribution in [0.5, 0.6) is 11.5 Å². The fourth-order valence-electron chi connectivity index (χ4n) is 2.62. The Labute approximate surface area is 166 Å². The number of anilines is 1. The van der Waals surface area contributed by atoms with E-state index in [1.807, 2.05) is 6.07 Å². The van der Waals surface area contributed by atoms with Crippen LogP contribution in [-0.2, 0) is 11.2 Å². The fourth-order valence-corrected chi connectivity index (χ4v) is 2.62. The van der Waals surface area contributed by atoms with Gasteiger partial charge in [-0.05, 0) is 35.9 Å². The van der Waals surface area contributed by atoms with Gasteiger partial charge >= 0.3 is 0 Å². The summed E-state index contributed by atoms with van der Waals surface area (Å²) in [5.41, 5.74) is 6.11. The maximum Gasteiger partial charge on any atom is 0.270 e. The van der Waals surface area contributed by atoms with E-state index in [0.717, 1.165) is 6.07 Å². The number of nitro benzene ring substituents is 1. The van der Waals surface area contributed by atoms with Crippen molar-refractivity contribution in [2.45, 2.75) is 6.42 Å². The van der Waals surface area contributed by atoms with Crippen LogP contribution in [0.15, 0.2) is 72.8 Å². The Kier molecular flexibility index (Phi) is 5.84. The summed E-state index contributed by atoms with van der Waals surface area (Å²) in [6, 6.07) is 19.2. The van der Waals surface area contributed by atoms with E-state index in [2.05, 4.69) is 5.32 Å². The summed E-state index contributed by atoms with van der Waals surface area (Å²) in [6.07, 6.45) is 0.0914. The van der Waals surface area contributed by atoms with E-state index in [9.17, 15) is 19.7 Å². The van der Waals surface area contributed by atoms with Crippen LogP contribution in [-0.4, -0.2) is 16.7 Å². The number of amides is 2. The molecule has 3 aromatic rings. The van der Waals surface area contributed by atoms with Crippen LogP contribution in [0.1, 0.15) is 15.9 Å². The van der Waals surface area contributed by atoms with Crippen molar-refractivity contribution >= 4 is 23.2 Å². The first kappa shape index (κ1) is 19.6. The maximum absolute atomic E-state index is 12.8. The lowest BCUT2D eigenvalue weighted by molar-refractivity contribution is -0.384. The van der Waals surface area contributed by atoms with Crippen LogP contribution in [0.2, 0.25) is 0 Å². The van der Waals surface area contributed by atoms with Gasteiger partial charge in [0.25, 0.3) is 11.6 Å². The number of benzene rings is 3. The molecule has 0 aromatic heterocycles. The summed E-state index contributed by atoms with van der Waals surface area (Å²) < 4.78 is 5.73. The number of nitrogens with one attached hydrogen (secondary N) is 1. The summed E-state index contributed by atoms with van der Waals surface area (Å²) in [4.78, 5) is 34.3. The lowest BCUT2D eigenvalue weighted by Gasteiger charge is -2.12. The minimum Gasteiger partial charge on any atom is -0.457 e. The largest absolute Gasteiger partial charge is 0.457 e. The van der Waals surface area contributed by atoms with Crippen molar-refractivity contribution in [1.82, 2.24) is 0 Å². The number of nitrogens with two attached hydrogens (primary N) is 1.